The highest BCUT2D eigenvalue weighted by atomic mass is 16.5. The predicted molar refractivity (Wildman–Crippen MR) is 34.3 cm³/mol. The Hall–Kier alpha value is -1.37. The Labute approximate surface area is 63.8 Å². The maximum absolute atomic E-state index is 10.9. The fraction of sp³-hybridized carbons (Fsp3) is 0.571. The molecule has 0 atom stereocenters. The maximum Gasteiger partial charge on any atom is 0.327 e. The topological polar surface area (TPSA) is 67.2 Å². The van der Waals surface area contributed by atoms with Gasteiger partial charge in [0, 0.05) is 12.8 Å². The summed E-state index contributed by atoms with van der Waals surface area (Å²) in [5.41, 5.74) is -1.16. The number of carbonyl (C=O) groups is 2. The van der Waals surface area contributed by atoms with Crippen LogP contribution in [0.2, 0.25) is 0 Å². The molecule has 0 radical (unpaired) electrons. The summed E-state index contributed by atoms with van der Waals surface area (Å²) in [6.45, 7) is 0. The maximum atomic E-state index is 10.9. The van der Waals surface area contributed by atoms with E-state index in [1.807, 2.05) is 0 Å². The van der Waals surface area contributed by atoms with Crippen molar-refractivity contribution in [3.63, 3.8) is 0 Å². The molecule has 0 amide bonds. The lowest BCUT2D eigenvalue weighted by molar-refractivity contribution is -0.158. The Kier molecular flexibility index (Phi) is 1.65. The minimum absolute atomic E-state index is 0.0101. The zero-order valence-corrected chi connectivity index (χ0v) is 6.09. The first-order chi connectivity index (χ1) is 5.14. The van der Waals surface area contributed by atoms with Gasteiger partial charge in [0.25, 0.3) is 0 Å². The fourth-order valence-electron chi connectivity index (χ4n) is 1.09. The van der Waals surface area contributed by atoms with Crippen molar-refractivity contribution < 1.29 is 14.3 Å². The highest BCUT2D eigenvalue weighted by Crippen LogP contribution is 2.38. The van der Waals surface area contributed by atoms with E-state index in [9.17, 15) is 9.59 Å². The van der Waals surface area contributed by atoms with E-state index in [2.05, 4.69) is 4.74 Å². The van der Waals surface area contributed by atoms with Gasteiger partial charge in [0.2, 0.25) is 0 Å². The van der Waals surface area contributed by atoms with Gasteiger partial charge < -0.3 is 4.74 Å². The Bertz CT molecular complexity index is 243. The van der Waals surface area contributed by atoms with E-state index in [0.717, 1.165) is 0 Å². The number of ether oxygens (including phenoxy) is 1. The number of carbonyl (C=O) groups excluding carboxylic acids is 2. The van der Waals surface area contributed by atoms with Crippen LogP contribution < -0.4 is 0 Å². The first kappa shape index (κ1) is 7.73. The average molecular weight is 153 g/mol. The van der Waals surface area contributed by atoms with Crippen molar-refractivity contribution in [2.45, 2.75) is 12.8 Å². The van der Waals surface area contributed by atoms with Crippen molar-refractivity contribution in [2.24, 2.45) is 5.41 Å². The molecule has 1 aliphatic carbocycles. The largest absolute Gasteiger partial charge is 0.468 e. The van der Waals surface area contributed by atoms with Crippen LogP contribution in [-0.4, -0.2) is 18.9 Å². The number of nitrogens with zero attached hydrogens (tertiary/aromatic N) is 1. The second-order valence-corrected chi connectivity index (χ2v) is 2.58. The van der Waals surface area contributed by atoms with Crippen molar-refractivity contribution >= 4 is 11.8 Å². The van der Waals surface area contributed by atoms with Crippen LogP contribution in [0, 0.1) is 16.7 Å². The molecule has 1 saturated carbocycles. The van der Waals surface area contributed by atoms with Gasteiger partial charge in [0.1, 0.15) is 5.78 Å². The van der Waals surface area contributed by atoms with Crippen LogP contribution in [0.5, 0.6) is 0 Å². The Balaban J connectivity index is 2.74. The van der Waals surface area contributed by atoms with Gasteiger partial charge in [-0.05, 0) is 0 Å². The van der Waals surface area contributed by atoms with Crippen LogP contribution in [0.15, 0.2) is 0 Å². The number of Topliss-reactive ketones (excluding diaryl/α,β-unsaturated/α-hetero) is 1. The van der Waals surface area contributed by atoms with E-state index in [1.54, 1.807) is 6.07 Å². The van der Waals surface area contributed by atoms with Gasteiger partial charge in [0.05, 0.1) is 13.2 Å². The molecule has 0 aliphatic heterocycles. The standard InChI is InChI=1S/C7H7NO3/c1-11-6(10)7(4-8)2-5(9)3-7/h2-3H2,1H3. The molecule has 0 aromatic carbocycles. The molecule has 0 aromatic rings. The molecule has 0 aromatic heterocycles. The van der Waals surface area contributed by atoms with Gasteiger partial charge in [-0.3, -0.25) is 9.59 Å². The van der Waals surface area contributed by atoms with Gasteiger partial charge in [-0.15, -0.1) is 0 Å². The van der Waals surface area contributed by atoms with Crippen LogP contribution in [-0.2, 0) is 14.3 Å². The van der Waals surface area contributed by atoms with Crippen LogP contribution >= 0.6 is 0 Å². The quantitative estimate of drug-likeness (QED) is 0.498. The molecule has 0 N–H and O–H groups in total. The Morgan fingerprint density at radius 1 is 1.73 bits per heavy atom. The summed E-state index contributed by atoms with van der Waals surface area (Å²) < 4.78 is 4.38. The predicted octanol–water partition coefficient (Wildman–Crippen LogP) is 0.0323. The van der Waals surface area contributed by atoms with Crippen molar-refractivity contribution in [2.75, 3.05) is 7.11 Å². The van der Waals surface area contributed by atoms with E-state index in [1.165, 1.54) is 7.11 Å². The molecule has 0 saturated heterocycles. The Morgan fingerprint density at radius 2 is 2.27 bits per heavy atom. The number of nitriles is 1. The molecule has 58 valence electrons. The monoisotopic (exact) mass is 153 g/mol. The minimum atomic E-state index is -1.16. The van der Waals surface area contributed by atoms with Gasteiger partial charge in [-0.2, -0.15) is 5.26 Å². The van der Waals surface area contributed by atoms with Crippen molar-refractivity contribution in [1.29, 1.82) is 5.26 Å². The van der Waals surface area contributed by atoms with E-state index in [4.69, 9.17) is 5.26 Å². The lowest BCUT2D eigenvalue weighted by Crippen LogP contribution is -2.43. The smallest absolute Gasteiger partial charge is 0.327 e. The number of hydrogen-bond donors (Lipinski definition) is 0. The van der Waals surface area contributed by atoms with Crippen LogP contribution in [0.25, 0.3) is 0 Å². The minimum Gasteiger partial charge on any atom is -0.468 e. The summed E-state index contributed by atoms with van der Waals surface area (Å²) >= 11 is 0. The lowest BCUT2D eigenvalue weighted by Gasteiger charge is -2.29. The SMILES string of the molecule is COC(=O)C1(C#N)CC(=O)C1. The molecule has 1 fully saturated rings. The molecule has 1 rings (SSSR count). The van der Waals surface area contributed by atoms with Crippen LogP contribution in [0.1, 0.15) is 12.8 Å². The molecule has 4 nitrogen and oxygen atoms in total. The summed E-state index contributed by atoms with van der Waals surface area (Å²) in [4.78, 5) is 21.4. The second-order valence-electron chi connectivity index (χ2n) is 2.58. The number of methoxy groups -OCH3 is 1. The van der Waals surface area contributed by atoms with Gasteiger partial charge in [0.15, 0.2) is 5.41 Å². The highest BCUT2D eigenvalue weighted by Gasteiger charge is 2.51. The normalized spacial score (nSPS) is 19.8. The van der Waals surface area contributed by atoms with E-state index in [-0.39, 0.29) is 18.6 Å². The third-order valence-electron chi connectivity index (χ3n) is 1.79. The Morgan fingerprint density at radius 3 is 2.55 bits per heavy atom. The number of esters is 1. The van der Waals surface area contributed by atoms with Gasteiger partial charge in [-0.1, -0.05) is 0 Å². The summed E-state index contributed by atoms with van der Waals surface area (Å²) in [6, 6.07) is 1.80. The van der Waals surface area contributed by atoms with Crippen molar-refractivity contribution in [3.8, 4) is 6.07 Å². The third-order valence-corrected chi connectivity index (χ3v) is 1.79. The molecule has 11 heavy (non-hydrogen) atoms. The molecule has 0 unspecified atom stereocenters. The first-order valence-corrected chi connectivity index (χ1v) is 3.16. The molecular weight excluding hydrogens is 146 g/mol. The highest BCUT2D eigenvalue weighted by molar-refractivity contribution is 5.99. The second kappa shape index (κ2) is 2.35. The number of ketones is 1. The summed E-state index contributed by atoms with van der Waals surface area (Å²) in [7, 11) is 1.21. The van der Waals surface area contributed by atoms with Crippen LogP contribution in [0.3, 0.4) is 0 Å². The number of hydrogen-bond acceptors (Lipinski definition) is 4. The van der Waals surface area contributed by atoms with Gasteiger partial charge >= 0.3 is 5.97 Å². The van der Waals surface area contributed by atoms with E-state index < -0.39 is 11.4 Å². The van der Waals surface area contributed by atoms with E-state index >= 15 is 0 Å². The summed E-state index contributed by atoms with van der Waals surface area (Å²) in [5.74, 6) is -0.656. The zero-order chi connectivity index (χ0) is 8.48. The molecule has 0 heterocycles. The molecule has 0 spiro atoms. The molecule has 4 heteroatoms. The van der Waals surface area contributed by atoms with Crippen molar-refractivity contribution in [3.05, 3.63) is 0 Å². The number of rotatable bonds is 1. The fourth-order valence-corrected chi connectivity index (χ4v) is 1.09. The molecular formula is C7H7NO3. The first-order valence-electron chi connectivity index (χ1n) is 3.16. The van der Waals surface area contributed by atoms with Crippen molar-refractivity contribution in [1.82, 2.24) is 0 Å². The van der Waals surface area contributed by atoms with E-state index in [0.29, 0.717) is 0 Å². The summed E-state index contributed by atoms with van der Waals surface area (Å²) in [6.07, 6.45) is 0.0202. The average Bonchev–Trinajstić information content (AvgIpc) is 1.96. The third kappa shape index (κ3) is 0.984. The molecule has 0 bridgehead atoms. The molecule has 1 aliphatic rings. The zero-order valence-electron chi connectivity index (χ0n) is 6.09. The van der Waals surface area contributed by atoms with Gasteiger partial charge in [-0.25, -0.2) is 0 Å². The van der Waals surface area contributed by atoms with Crippen LogP contribution in [0.4, 0.5) is 0 Å². The lowest BCUT2D eigenvalue weighted by atomic mass is 9.69. The summed E-state index contributed by atoms with van der Waals surface area (Å²) in [5, 5.41) is 8.55.